The maximum atomic E-state index is 12.9. The highest BCUT2D eigenvalue weighted by atomic mass is 31.2. The van der Waals surface area contributed by atoms with Gasteiger partial charge in [-0.2, -0.15) is 0 Å². The van der Waals surface area contributed by atoms with Gasteiger partial charge in [0.2, 0.25) is 0 Å². The Balaban J connectivity index is 4.82. The smallest absolute Gasteiger partial charge is 0.462 e. The Morgan fingerprint density at radius 2 is 0.628 bits per heavy atom. The van der Waals surface area contributed by atoms with Crippen LogP contribution in [0, 0.1) is 0 Å². The van der Waals surface area contributed by atoms with Crippen LogP contribution in [0.3, 0.4) is 0 Å². The van der Waals surface area contributed by atoms with Crippen LogP contribution in [-0.4, -0.2) is 66.5 Å². The second-order valence-electron chi connectivity index (χ2n) is 19.4. The largest absolute Gasteiger partial charge is 0.472 e. The summed E-state index contributed by atoms with van der Waals surface area (Å²) in [6.45, 7) is 4.22. The highest BCUT2D eigenvalue weighted by Crippen LogP contribution is 2.43. The molecule has 0 aromatic heterocycles. The van der Waals surface area contributed by atoms with Gasteiger partial charge in [-0.05, 0) is 128 Å². The molecule has 0 amide bonds. The van der Waals surface area contributed by atoms with Crippen molar-refractivity contribution in [2.75, 3.05) is 26.4 Å². The maximum absolute atomic E-state index is 12.9. The first-order chi connectivity index (χ1) is 38.2. The molecule has 442 valence electrons. The third kappa shape index (κ3) is 56.3. The standard InChI is InChI=1S/C66H107O11P/c1-4-7-10-13-16-19-22-25-28-30-31-33-35-37-40-43-46-49-52-55-64(68)73-59-63(77-66(70)57-54-51-48-45-42-39-36-32-29-26-23-20-17-14-11-8-5-2)61-75-78(71,72)74-60-62(58-67)76-65(69)56-53-50-47-44-41-38-34-27-24-21-18-15-12-9-6-3/h7-12,16-21,25-29,31,33-34,41,44,62-63,67H,4-6,13-15,22-24,30,32,35-40,42-43,45-61H2,1-3H3,(H,71,72)/b10-7-,11-8-,12-9-,19-16-,20-17-,21-18-,28-25-,29-26-,33-31-,34-27-,44-41-. The second kappa shape index (κ2) is 58.8. The van der Waals surface area contributed by atoms with E-state index < -0.39 is 57.8 Å². The van der Waals surface area contributed by atoms with Crippen molar-refractivity contribution >= 4 is 25.7 Å². The summed E-state index contributed by atoms with van der Waals surface area (Å²) < 4.78 is 39.5. The number of esters is 3. The van der Waals surface area contributed by atoms with E-state index in [1.807, 2.05) is 0 Å². The monoisotopic (exact) mass is 1110 g/mol. The number of unbranched alkanes of at least 4 members (excludes halogenated alkanes) is 15. The number of carbonyl (C=O) groups is 3. The number of ether oxygens (including phenoxy) is 3. The number of hydrogen-bond acceptors (Lipinski definition) is 10. The maximum Gasteiger partial charge on any atom is 0.472 e. The van der Waals surface area contributed by atoms with Gasteiger partial charge in [0.25, 0.3) is 0 Å². The third-order valence-electron chi connectivity index (χ3n) is 12.1. The molecule has 3 unspecified atom stereocenters. The van der Waals surface area contributed by atoms with Gasteiger partial charge in [-0.25, -0.2) is 4.57 Å². The minimum Gasteiger partial charge on any atom is -0.462 e. The summed E-state index contributed by atoms with van der Waals surface area (Å²) in [4.78, 5) is 48.7. The summed E-state index contributed by atoms with van der Waals surface area (Å²) in [5, 5.41) is 9.82. The van der Waals surface area contributed by atoms with Crippen LogP contribution < -0.4 is 0 Å². The van der Waals surface area contributed by atoms with E-state index in [2.05, 4.69) is 154 Å². The summed E-state index contributed by atoms with van der Waals surface area (Å²) in [5.74, 6) is -1.55. The van der Waals surface area contributed by atoms with Crippen molar-refractivity contribution in [1.29, 1.82) is 0 Å². The number of carbonyl (C=O) groups excluding carboxylic acids is 3. The summed E-state index contributed by atoms with van der Waals surface area (Å²) in [6, 6.07) is 0. The average Bonchev–Trinajstić information content (AvgIpc) is 3.43. The van der Waals surface area contributed by atoms with Crippen molar-refractivity contribution in [3.8, 4) is 0 Å². The molecule has 0 aliphatic carbocycles. The van der Waals surface area contributed by atoms with E-state index in [4.69, 9.17) is 23.3 Å². The zero-order valence-corrected chi connectivity index (χ0v) is 49.7. The number of aliphatic hydroxyl groups is 1. The molecule has 0 bridgehead atoms. The quantitative estimate of drug-likeness (QED) is 0.0197. The molecule has 78 heavy (non-hydrogen) atoms. The lowest BCUT2D eigenvalue weighted by Crippen LogP contribution is -2.30. The first-order valence-corrected chi connectivity index (χ1v) is 31.6. The predicted octanol–water partition coefficient (Wildman–Crippen LogP) is 18.1. The number of hydrogen-bond donors (Lipinski definition) is 2. The lowest BCUT2D eigenvalue weighted by atomic mass is 10.1. The van der Waals surface area contributed by atoms with Gasteiger partial charge in [0.1, 0.15) is 12.7 Å². The van der Waals surface area contributed by atoms with Crippen molar-refractivity contribution in [3.63, 3.8) is 0 Å². The molecule has 0 aliphatic rings. The first-order valence-electron chi connectivity index (χ1n) is 30.1. The van der Waals surface area contributed by atoms with Gasteiger partial charge in [0, 0.05) is 19.3 Å². The highest BCUT2D eigenvalue weighted by molar-refractivity contribution is 7.47. The molecule has 0 fully saturated rings. The van der Waals surface area contributed by atoms with Gasteiger partial charge < -0.3 is 24.2 Å². The molecule has 3 atom stereocenters. The molecule has 0 aromatic rings. The molecule has 0 spiro atoms. The number of phosphoric ester groups is 1. The van der Waals surface area contributed by atoms with Gasteiger partial charge in [-0.15, -0.1) is 0 Å². The van der Waals surface area contributed by atoms with Crippen molar-refractivity contribution in [2.24, 2.45) is 0 Å². The van der Waals surface area contributed by atoms with Crippen molar-refractivity contribution in [1.82, 2.24) is 0 Å². The number of allylic oxidation sites excluding steroid dienone is 22. The number of rotatable bonds is 54. The Morgan fingerprint density at radius 1 is 0.359 bits per heavy atom. The first kappa shape index (κ1) is 73.6. The summed E-state index contributed by atoms with van der Waals surface area (Å²) in [6.07, 6.45) is 74.0. The van der Waals surface area contributed by atoms with Crippen LogP contribution in [0.5, 0.6) is 0 Å². The Labute approximate surface area is 474 Å². The fourth-order valence-electron chi connectivity index (χ4n) is 7.59. The second-order valence-corrected chi connectivity index (χ2v) is 20.8. The van der Waals surface area contributed by atoms with Crippen LogP contribution in [-0.2, 0) is 42.2 Å². The topological polar surface area (TPSA) is 155 Å². The molecule has 12 heteroatoms. The van der Waals surface area contributed by atoms with Crippen LogP contribution in [0.25, 0.3) is 0 Å². The Kier molecular flexibility index (Phi) is 55.5. The molecule has 0 heterocycles. The fraction of sp³-hybridized carbons (Fsp3) is 0.621. The Bertz CT molecular complexity index is 1820. The zero-order valence-electron chi connectivity index (χ0n) is 48.8. The van der Waals surface area contributed by atoms with Gasteiger partial charge in [0.05, 0.1) is 19.8 Å². The van der Waals surface area contributed by atoms with E-state index in [1.54, 1.807) is 0 Å². The number of aliphatic hydroxyl groups excluding tert-OH is 1. The van der Waals surface area contributed by atoms with Crippen LogP contribution in [0.2, 0.25) is 0 Å². The molecular formula is C66H107O11P. The molecule has 0 saturated heterocycles. The molecule has 0 aromatic carbocycles. The molecule has 0 saturated carbocycles. The van der Waals surface area contributed by atoms with Crippen LogP contribution in [0.1, 0.15) is 226 Å². The van der Waals surface area contributed by atoms with Crippen molar-refractivity contribution in [3.05, 3.63) is 134 Å². The zero-order chi connectivity index (χ0) is 56.9. The minimum absolute atomic E-state index is 0.117. The summed E-state index contributed by atoms with van der Waals surface area (Å²) >= 11 is 0. The van der Waals surface area contributed by atoms with E-state index in [0.717, 1.165) is 167 Å². The minimum atomic E-state index is -4.78. The van der Waals surface area contributed by atoms with E-state index >= 15 is 0 Å². The molecular weight excluding hydrogens is 1000 g/mol. The summed E-state index contributed by atoms with van der Waals surface area (Å²) in [7, 11) is -4.78. The Morgan fingerprint density at radius 3 is 0.987 bits per heavy atom. The average molecular weight is 1110 g/mol. The highest BCUT2D eigenvalue weighted by Gasteiger charge is 2.28. The summed E-state index contributed by atoms with van der Waals surface area (Å²) in [5.41, 5.74) is 0. The normalized spacial score (nSPS) is 14.3. The van der Waals surface area contributed by atoms with Crippen LogP contribution >= 0.6 is 7.82 Å². The van der Waals surface area contributed by atoms with Gasteiger partial charge in [0.15, 0.2) is 6.10 Å². The molecule has 0 rings (SSSR count). The van der Waals surface area contributed by atoms with Crippen LogP contribution in [0.15, 0.2) is 134 Å². The van der Waals surface area contributed by atoms with Crippen molar-refractivity contribution < 1.29 is 52.2 Å². The fourth-order valence-corrected chi connectivity index (χ4v) is 8.37. The van der Waals surface area contributed by atoms with E-state index in [9.17, 15) is 28.9 Å². The lowest BCUT2D eigenvalue weighted by molar-refractivity contribution is -0.161. The Hall–Kier alpha value is -4.38. The number of phosphoric acid groups is 1. The van der Waals surface area contributed by atoms with Crippen molar-refractivity contribution in [2.45, 2.75) is 238 Å². The molecule has 2 N–H and O–H groups in total. The molecule has 0 radical (unpaired) electrons. The molecule has 0 aliphatic heterocycles. The van der Waals surface area contributed by atoms with E-state index in [-0.39, 0.29) is 25.9 Å². The lowest BCUT2D eigenvalue weighted by Gasteiger charge is -2.21. The molecule has 11 nitrogen and oxygen atoms in total. The third-order valence-corrected chi connectivity index (χ3v) is 13.0. The van der Waals surface area contributed by atoms with Crippen LogP contribution in [0.4, 0.5) is 0 Å². The van der Waals surface area contributed by atoms with Gasteiger partial charge in [-0.1, -0.05) is 212 Å². The van der Waals surface area contributed by atoms with E-state index in [0.29, 0.717) is 19.3 Å². The van der Waals surface area contributed by atoms with Gasteiger partial charge >= 0.3 is 25.7 Å². The predicted molar refractivity (Wildman–Crippen MR) is 325 cm³/mol. The SMILES string of the molecule is CC/C=C\C/C=C\C/C=C\C/C=C\CCCCCCCCC(=O)OCC(COP(=O)(O)OCC(CO)OC(=O)CCCC/C=C\C/C=C\C/C=C\C/C=C\CC)OC(=O)CCCCCCCCC/C=C\C/C=C\C/C=C\CC. The van der Waals surface area contributed by atoms with E-state index in [1.165, 1.54) is 0 Å². The van der Waals surface area contributed by atoms with Gasteiger partial charge in [-0.3, -0.25) is 23.4 Å².